The predicted molar refractivity (Wildman–Crippen MR) is 96.2 cm³/mol. The number of esters is 1. The Hall–Kier alpha value is -3.62. The second-order valence-corrected chi connectivity index (χ2v) is 6.08. The Labute approximate surface area is 162 Å². The highest BCUT2D eigenvalue weighted by Gasteiger charge is 2.30. The molecule has 1 aliphatic heterocycles. The minimum atomic E-state index is -4.78. The molecule has 1 N–H and O–H groups in total. The maximum Gasteiger partial charge on any atom is 0.573 e. The maximum atomic E-state index is 12.1. The van der Waals surface area contributed by atoms with Crippen LogP contribution < -0.4 is 10.1 Å². The number of hydrogen-bond donors (Lipinski definition) is 1. The third-order valence-electron chi connectivity index (χ3n) is 3.92. The van der Waals surface area contributed by atoms with Crippen LogP contribution in [-0.2, 0) is 20.7 Å². The van der Waals surface area contributed by atoms with Gasteiger partial charge in [-0.15, -0.1) is 13.2 Å². The summed E-state index contributed by atoms with van der Waals surface area (Å²) in [5, 5.41) is 2.65. The van der Waals surface area contributed by atoms with Gasteiger partial charge < -0.3 is 14.8 Å². The number of carbonyl (C=O) groups is 3. The summed E-state index contributed by atoms with van der Waals surface area (Å²) >= 11 is 0. The molecule has 0 saturated carbocycles. The first kappa shape index (κ1) is 20.1. The Morgan fingerprint density at radius 1 is 1.10 bits per heavy atom. The molecule has 0 aliphatic carbocycles. The summed E-state index contributed by atoms with van der Waals surface area (Å²) in [6.07, 6.45) is -2.21. The van der Waals surface area contributed by atoms with Crippen molar-refractivity contribution in [1.29, 1.82) is 0 Å². The number of alkyl halides is 3. The fourth-order valence-corrected chi connectivity index (χ4v) is 2.62. The van der Waals surface area contributed by atoms with E-state index >= 15 is 0 Å². The van der Waals surface area contributed by atoms with Gasteiger partial charge in [-0.3, -0.25) is 9.59 Å². The van der Waals surface area contributed by atoms with E-state index < -0.39 is 24.7 Å². The van der Waals surface area contributed by atoms with Gasteiger partial charge in [0.25, 0.3) is 0 Å². The second-order valence-electron chi connectivity index (χ2n) is 6.08. The van der Waals surface area contributed by atoms with Crippen molar-refractivity contribution in [1.82, 2.24) is 0 Å². The van der Waals surface area contributed by atoms with E-state index in [9.17, 15) is 27.6 Å². The van der Waals surface area contributed by atoms with Crippen molar-refractivity contribution in [2.75, 3.05) is 11.9 Å². The Morgan fingerprint density at radius 2 is 1.83 bits per heavy atom. The third kappa shape index (κ3) is 5.68. The van der Waals surface area contributed by atoms with E-state index in [1.807, 2.05) is 0 Å². The van der Waals surface area contributed by atoms with E-state index in [1.54, 1.807) is 12.1 Å². The van der Waals surface area contributed by atoms with E-state index in [0.717, 1.165) is 18.2 Å². The minimum absolute atomic E-state index is 0.154. The number of benzene rings is 2. The number of fused-ring (bicyclic) bond motifs is 1. The lowest BCUT2D eigenvalue weighted by atomic mass is 10.1. The van der Waals surface area contributed by atoms with E-state index in [2.05, 4.69) is 10.1 Å². The number of ketones is 1. The lowest BCUT2D eigenvalue weighted by Gasteiger charge is -2.08. The van der Waals surface area contributed by atoms with Crippen molar-refractivity contribution in [2.24, 2.45) is 0 Å². The standard InChI is InChI=1S/C20H14F3NO5/c21-20(22,23)29-15-5-1-12(2-6-15)3-8-19(27)28-11-17(25)13-4-7-16-14(9-13)10-18(26)24-16/h1-9H,10-11H2,(H,24,26)/b8-3+. The second kappa shape index (κ2) is 8.17. The molecule has 2 aromatic rings. The normalized spacial score (nSPS) is 13.1. The quantitative estimate of drug-likeness (QED) is 0.452. The molecule has 1 aliphatic rings. The maximum absolute atomic E-state index is 12.1. The van der Waals surface area contributed by atoms with Crippen molar-refractivity contribution < 1.29 is 37.0 Å². The minimum Gasteiger partial charge on any atom is -0.454 e. The summed E-state index contributed by atoms with van der Waals surface area (Å²) in [6, 6.07) is 9.59. The molecule has 0 saturated heterocycles. The van der Waals surface area contributed by atoms with E-state index in [1.165, 1.54) is 24.3 Å². The first-order valence-corrected chi connectivity index (χ1v) is 8.36. The number of nitrogens with one attached hydrogen (secondary N) is 1. The summed E-state index contributed by atoms with van der Waals surface area (Å²) < 4.78 is 44.9. The van der Waals surface area contributed by atoms with Crippen LogP contribution in [0.25, 0.3) is 6.08 Å². The van der Waals surface area contributed by atoms with Gasteiger partial charge in [0.2, 0.25) is 5.91 Å². The lowest BCUT2D eigenvalue weighted by molar-refractivity contribution is -0.274. The number of anilines is 1. The van der Waals surface area contributed by atoms with Gasteiger partial charge in [-0.25, -0.2) is 4.79 Å². The Balaban J connectivity index is 1.51. The fourth-order valence-electron chi connectivity index (χ4n) is 2.62. The Bertz CT molecular complexity index is 981. The van der Waals surface area contributed by atoms with Crippen molar-refractivity contribution in [3.8, 4) is 5.75 Å². The van der Waals surface area contributed by atoms with Gasteiger partial charge in [0, 0.05) is 17.3 Å². The zero-order valence-electron chi connectivity index (χ0n) is 14.8. The largest absolute Gasteiger partial charge is 0.573 e. The molecule has 0 radical (unpaired) electrons. The molecule has 9 heteroatoms. The molecule has 29 heavy (non-hydrogen) atoms. The molecule has 1 heterocycles. The van der Waals surface area contributed by atoms with Gasteiger partial charge in [0.1, 0.15) is 5.75 Å². The average Bonchev–Trinajstić information content (AvgIpc) is 3.03. The molecule has 0 spiro atoms. The fraction of sp³-hybridized carbons (Fsp3) is 0.150. The SMILES string of the molecule is O=C1Cc2cc(C(=O)COC(=O)/C=C/c3ccc(OC(F)(F)F)cc3)ccc2N1. The first-order chi connectivity index (χ1) is 13.7. The Kier molecular flexibility index (Phi) is 5.67. The van der Waals surface area contributed by atoms with Crippen LogP contribution in [0.5, 0.6) is 5.75 Å². The van der Waals surface area contributed by atoms with Crippen LogP contribution in [-0.4, -0.2) is 30.6 Å². The summed E-state index contributed by atoms with van der Waals surface area (Å²) in [5.41, 5.74) is 2.11. The molecule has 0 atom stereocenters. The van der Waals surface area contributed by atoms with E-state index in [0.29, 0.717) is 22.4 Å². The van der Waals surface area contributed by atoms with Gasteiger partial charge in [-0.05, 0) is 47.5 Å². The van der Waals surface area contributed by atoms with Gasteiger partial charge >= 0.3 is 12.3 Å². The topological polar surface area (TPSA) is 81.7 Å². The highest BCUT2D eigenvalue weighted by atomic mass is 19.4. The summed E-state index contributed by atoms with van der Waals surface area (Å²) in [6.45, 7) is -0.484. The van der Waals surface area contributed by atoms with Crippen molar-refractivity contribution in [2.45, 2.75) is 12.8 Å². The Morgan fingerprint density at radius 3 is 2.52 bits per heavy atom. The molecule has 3 rings (SSSR count). The molecule has 2 aromatic carbocycles. The molecule has 1 amide bonds. The van der Waals surface area contributed by atoms with Gasteiger partial charge in [0.15, 0.2) is 12.4 Å². The van der Waals surface area contributed by atoms with Crippen LogP contribution in [0.2, 0.25) is 0 Å². The molecular weight excluding hydrogens is 391 g/mol. The van der Waals surface area contributed by atoms with E-state index in [4.69, 9.17) is 4.74 Å². The van der Waals surface area contributed by atoms with Crippen LogP contribution in [0.15, 0.2) is 48.5 Å². The molecule has 0 fully saturated rings. The van der Waals surface area contributed by atoms with Crippen LogP contribution >= 0.6 is 0 Å². The average molecular weight is 405 g/mol. The van der Waals surface area contributed by atoms with Crippen molar-refractivity contribution >= 4 is 29.4 Å². The highest BCUT2D eigenvalue weighted by molar-refractivity contribution is 6.03. The summed E-state index contributed by atoms with van der Waals surface area (Å²) in [7, 11) is 0. The smallest absolute Gasteiger partial charge is 0.454 e. The molecule has 6 nitrogen and oxygen atoms in total. The summed E-state index contributed by atoms with van der Waals surface area (Å²) in [4.78, 5) is 35.2. The third-order valence-corrected chi connectivity index (χ3v) is 3.92. The zero-order chi connectivity index (χ0) is 21.0. The molecule has 0 aromatic heterocycles. The predicted octanol–water partition coefficient (Wildman–Crippen LogP) is 3.52. The van der Waals surface area contributed by atoms with Gasteiger partial charge in [0.05, 0.1) is 6.42 Å². The monoisotopic (exact) mass is 405 g/mol. The van der Waals surface area contributed by atoms with Crippen molar-refractivity contribution in [3.05, 3.63) is 65.2 Å². The van der Waals surface area contributed by atoms with Crippen LogP contribution in [0.3, 0.4) is 0 Å². The number of carbonyl (C=O) groups excluding carboxylic acids is 3. The number of Topliss-reactive ketones (excluding diaryl/α,β-unsaturated/α-hetero) is 1. The number of rotatable bonds is 6. The van der Waals surface area contributed by atoms with Gasteiger partial charge in [-0.2, -0.15) is 0 Å². The number of halogens is 3. The lowest BCUT2D eigenvalue weighted by Crippen LogP contribution is -2.16. The zero-order valence-corrected chi connectivity index (χ0v) is 14.8. The number of hydrogen-bond acceptors (Lipinski definition) is 5. The van der Waals surface area contributed by atoms with Gasteiger partial charge in [-0.1, -0.05) is 12.1 Å². The number of amides is 1. The van der Waals surface area contributed by atoms with Crippen LogP contribution in [0.4, 0.5) is 18.9 Å². The molecule has 0 unspecified atom stereocenters. The first-order valence-electron chi connectivity index (χ1n) is 8.36. The molecule has 0 bridgehead atoms. The molecular formula is C20H14F3NO5. The highest BCUT2D eigenvalue weighted by Crippen LogP contribution is 2.24. The van der Waals surface area contributed by atoms with Crippen LogP contribution in [0.1, 0.15) is 21.5 Å². The summed E-state index contributed by atoms with van der Waals surface area (Å²) in [5.74, 6) is -1.75. The van der Waals surface area contributed by atoms with E-state index in [-0.39, 0.29) is 18.1 Å². The van der Waals surface area contributed by atoms with Crippen molar-refractivity contribution in [3.63, 3.8) is 0 Å². The number of ether oxygens (including phenoxy) is 2. The molecule has 150 valence electrons. The van der Waals surface area contributed by atoms with Crippen LogP contribution in [0, 0.1) is 0 Å².